The summed E-state index contributed by atoms with van der Waals surface area (Å²) in [5, 5.41) is 13.8. The highest BCUT2D eigenvalue weighted by Crippen LogP contribution is 2.53. The summed E-state index contributed by atoms with van der Waals surface area (Å²) in [6.07, 6.45) is 4.91. The van der Waals surface area contributed by atoms with Gasteiger partial charge in [-0.2, -0.15) is 0 Å². The number of rotatable bonds is 2. The van der Waals surface area contributed by atoms with Gasteiger partial charge in [-0.3, -0.25) is 9.72 Å². The van der Waals surface area contributed by atoms with Gasteiger partial charge in [0.2, 0.25) is 5.95 Å². The van der Waals surface area contributed by atoms with Crippen molar-refractivity contribution >= 4 is 33.6 Å². The van der Waals surface area contributed by atoms with Gasteiger partial charge in [-0.05, 0) is 52.7 Å². The van der Waals surface area contributed by atoms with Gasteiger partial charge in [-0.1, -0.05) is 0 Å². The zero-order valence-electron chi connectivity index (χ0n) is 11.9. The summed E-state index contributed by atoms with van der Waals surface area (Å²) >= 11 is 3.40. The number of nitrogens with one attached hydrogen (secondary N) is 2. The van der Waals surface area contributed by atoms with Crippen molar-refractivity contribution in [2.24, 2.45) is 5.41 Å². The number of urea groups is 1. The highest BCUT2D eigenvalue weighted by Gasteiger charge is 2.55. The van der Waals surface area contributed by atoms with E-state index in [1.807, 2.05) is 18.3 Å². The van der Waals surface area contributed by atoms with Gasteiger partial charge >= 0.3 is 6.03 Å². The van der Waals surface area contributed by atoms with Crippen LogP contribution in [0.5, 0.6) is 0 Å². The first kappa shape index (κ1) is 14.0. The van der Waals surface area contributed by atoms with E-state index >= 15 is 0 Å². The molecule has 2 aromatic heterocycles. The molecule has 0 aromatic carbocycles. The minimum absolute atomic E-state index is 0.234. The molecule has 22 heavy (non-hydrogen) atoms. The predicted octanol–water partition coefficient (Wildman–Crippen LogP) is 2.18. The molecule has 1 unspecified atom stereocenters. The van der Waals surface area contributed by atoms with Crippen LogP contribution in [-0.4, -0.2) is 39.9 Å². The molecule has 1 aliphatic heterocycles. The number of nitrogens with zero attached hydrogens (tertiary/aromatic N) is 3. The van der Waals surface area contributed by atoms with E-state index in [0.717, 1.165) is 36.9 Å². The summed E-state index contributed by atoms with van der Waals surface area (Å²) in [5.74, 6) is 0.412. The molecule has 2 fully saturated rings. The molecule has 0 radical (unpaired) electrons. The van der Waals surface area contributed by atoms with E-state index in [1.165, 1.54) is 0 Å². The Morgan fingerprint density at radius 1 is 1.36 bits per heavy atom. The molecule has 0 bridgehead atoms. The van der Waals surface area contributed by atoms with Crippen molar-refractivity contribution < 1.29 is 9.53 Å². The van der Waals surface area contributed by atoms with Crippen molar-refractivity contribution in [3.8, 4) is 0 Å². The SMILES string of the molecule is O=C(Nc1nnc2ccc(Br)cn12)NC1CC12CCOCC2. The van der Waals surface area contributed by atoms with Crippen LogP contribution in [-0.2, 0) is 4.74 Å². The minimum Gasteiger partial charge on any atom is -0.381 e. The molecule has 1 saturated carbocycles. The van der Waals surface area contributed by atoms with Crippen LogP contribution in [0.2, 0.25) is 0 Å². The van der Waals surface area contributed by atoms with Crippen LogP contribution in [0.15, 0.2) is 22.8 Å². The van der Waals surface area contributed by atoms with E-state index in [0.29, 0.717) is 11.6 Å². The normalized spacial score (nSPS) is 22.7. The lowest BCUT2D eigenvalue weighted by Crippen LogP contribution is -2.35. The van der Waals surface area contributed by atoms with Gasteiger partial charge in [0.15, 0.2) is 5.65 Å². The summed E-state index contributed by atoms with van der Waals surface area (Å²) in [7, 11) is 0. The number of hydrogen-bond acceptors (Lipinski definition) is 4. The molecular weight excluding hydrogens is 350 g/mol. The molecule has 1 aliphatic carbocycles. The number of fused-ring (bicyclic) bond motifs is 1. The summed E-state index contributed by atoms with van der Waals surface area (Å²) < 4.78 is 8.02. The van der Waals surface area contributed by atoms with Crippen LogP contribution in [0, 0.1) is 5.41 Å². The maximum atomic E-state index is 12.2. The van der Waals surface area contributed by atoms with Gasteiger partial charge in [0.05, 0.1) is 0 Å². The van der Waals surface area contributed by atoms with Crippen molar-refractivity contribution in [2.75, 3.05) is 18.5 Å². The van der Waals surface area contributed by atoms with Crippen LogP contribution < -0.4 is 10.6 Å². The van der Waals surface area contributed by atoms with E-state index < -0.39 is 0 Å². The standard InChI is InChI=1S/C14H16BrN5O2/c15-9-1-2-11-18-19-12(20(11)8-9)17-13(21)16-10-7-14(10)3-5-22-6-4-14/h1-2,8,10H,3-7H2,(H2,16,17,19,21). The number of carbonyl (C=O) groups is 1. The largest absolute Gasteiger partial charge is 0.381 e. The molecule has 3 heterocycles. The quantitative estimate of drug-likeness (QED) is 0.854. The van der Waals surface area contributed by atoms with Gasteiger partial charge in [0.1, 0.15) is 0 Å². The molecule has 2 amide bonds. The highest BCUT2D eigenvalue weighted by atomic mass is 79.9. The maximum Gasteiger partial charge on any atom is 0.321 e. The van der Waals surface area contributed by atoms with E-state index in [9.17, 15) is 4.79 Å². The van der Waals surface area contributed by atoms with Crippen LogP contribution in [0.1, 0.15) is 19.3 Å². The Morgan fingerprint density at radius 3 is 3.00 bits per heavy atom. The Balaban J connectivity index is 1.42. The van der Waals surface area contributed by atoms with Gasteiger partial charge in [0.25, 0.3) is 0 Å². The van der Waals surface area contributed by atoms with Crippen molar-refractivity contribution in [1.82, 2.24) is 19.9 Å². The van der Waals surface area contributed by atoms with Crippen LogP contribution in [0.25, 0.3) is 5.65 Å². The third kappa shape index (κ3) is 2.46. The van der Waals surface area contributed by atoms with Crippen LogP contribution in [0.4, 0.5) is 10.7 Å². The minimum atomic E-state index is -0.234. The van der Waals surface area contributed by atoms with Crippen molar-refractivity contribution in [3.63, 3.8) is 0 Å². The first-order valence-corrected chi connectivity index (χ1v) is 8.11. The topological polar surface area (TPSA) is 80.6 Å². The Kier molecular flexibility index (Phi) is 3.30. The van der Waals surface area contributed by atoms with Gasteiger partial charge in [-0.25, -0.2) is 4.79 Å². The van der Waals surface area contributed by atoms with Crippen molar-refractivity contribution in [2.45, 2.75) is 25.3 Å². The number of anilines is 1. The Bertz CT molecular complexity index is 725. The van der Waals surface area contributed by atoms with E-state index in [4.69, 9.17) is 4.74 Å². The Labute approximate surface area is 135 Å². The fraction of sp³-hybridized carbons (Fsp3) is 0.500. The maximum absolute atomic E-state index is 12.2. The number of amides is 2. The van der Waals surface area contributed by atoms with Crippen molar-refractivity contribution in [3.05, 3.63) is 22.8 Å². The Morgan fingerprint density at radius 2 is 2.18 bits per heavy atom. The summed E-state index contributed by atoms with van der Waals surface area (Å²) in [6, 6.07) is 3.72. The molecule has 2 N–H and O–H groups in total. The molecular formula is C14H16BrN5O2. The average Bonchev–Trinajstić information content (AvgIpc) is 2.99. The lowest BCUT2D eigenvalue weighted by Gasteiger charge is -2.22. The average molecular weight is 366 g/mol. The van der Waals surface area contributed by atoms with E-state index in [2.05, 4.69) is 36.8 Å². The smallest absolute Gasteiger partial charge is 0.321 e. The summed E-state index contributed by atoms with van der Waals surface area (Å²) in [6.45, 7) is 1.59. The first-order chi connectivity index (χ1) is 10.7. The molecule has 1 saturated heterocycles. The summed E-state index contributed by atoms with van der Waals surface area (Å²) in [5.41, 5.74) is 0.941. The lowest BCUT2D eigenvalue weighted by molar-refractivity contribution is 0.0548. The monoisotopic (exact) mass is 365 g/mol. The molecule has 2 aromatic rings. The van der Waals surface area contributed by atoms with E-state index in [1.54, 1.807) is 4.40 Å². The Hall–Kier alpha value is -1.67. The molecule has 4 rings (SSSR count). The zero-order chi connectivity index (χ0) is 15.2. The highest BCUT2D eigenvalue weighted by molar-refractivity contribution is 9.10. The molecule has 2 aliphatic rings. The van der Waals surface area contributed by atoms with Crippen molar-refractivity contribution in [1.29, 1.82) is 0 Å². The first-order valence-electron chi connectivity index (χ1n) is 7.32. The zero-order valence-corrected chi connectivity index (χ0v) is 13.5. The van der Waals surface area contributed by atoms with Crippen LogP contribution >= 0.6 is 15.9 Å². The second-order valence-electron chi connectivity index (χ2n) is 5.93. The number of pyridine rings is 1. The molecule has 8 heteroatoms. The number of hydrogen-bond donors (Lipinski definition) is 2. The van der Waals surface area contributed by atoms with Gasteiger partial charge < -0.3 is 10.1 Å². The number of ether oxygens (including phenoxy) is 1. The molecule has 1 atom stereocenters. The third-order valence-electron chi connectivity index (χ3n) is 4.58. The summed E-state index contributed by atoms with van der Waals surface area (Å²) in [4.78, 5) is 12.2. The number of carbonyl (C=O) groups excluding carboxylic acids is 1. The second kappa shape index (κ2) is 5.20. The lowest BCUT2D eigenvalue weighted by atomic mass is 9.96. The fourth-order valence-electron chi connectivity index (χ4n) is 3.13. The third-order valence-corrected chi connectivity index (χ3v) is 5.04. The molecule has 1 spiro atoms. The predicted molar refractivity (Wildman–Crippen MR) is 83.7 cm³/mol. The second-order valence-corrected chi connectivity index (χ2v) is 6.84. The number of halogens is 1. The van der Waals surface area contributed by atoms with E-state index in [-0.39, 0.29) is 17.5 Å². The van der Waals surface area contributed by atoms with Crippen LogP contribution in [0.3, 0.4) is 0 Å². The van der Waals surface area contributed by atoms with Gasteiger partial charge in [-0.15, -0.1) is 10.2 Å². The fourth-order valence-corrected chi connectivity index (χ4v) is 3.47. The molecule has 116 valence electrons. The number of aromatic nitrogens is 3. The van der Waals surface area contributed by atoms with Gasteiger partial charge in [0, 0.05) is 29.9 Å². The molecule has 7 nitrogen and oxygen atoms in total.